The van der Waals surface area contributed by atoms with Crippen molar-refractivity contribution in [2.75, 3.05) is 6.61 Å². The van der Waals surface area contributed by atoms with Crippen molar-refractivity contribution < 1.29 is 9.47 Å². The molecule has 3 aromatic heterocycles. The first-order chi connectivity index (χ1) is 19.9. The Morgan fingerprint density at radius 3 is 2.41 bits per heavy atom. The average molecular weight is 564 g/mol. The van der Waals surface area contributed by atoms with E-state index in [1.165, 1.54) is 15.9 Å². The van der Waals surface area contributed by atoms with Gasteiger partial charge in [-0.25, -0.2) is 4.68 Å². The van der Waals surface area contributed by atoms with E-state index in [2.05, 4.69) is 16.1 Å². The van der Waals surface area contributed by atoms with E-state index in [-0.39, 0.29) is 11.7 Å². The Bertz CT molecular complexity index is 1940. The molecule has 6 aromatic rings. The van der Waals surface area contributed by atoms with Gasteiger partial charge in [0.05, 0.1) is 22.9 Å². The molecule has 0 radical (unpaired) electrons. The van der Waals surface area contributed by atoms with Crippen LogP contribution in [0.2, 0.25) is 0 Å². The van der Waals surface area contributed by atoms with E-state index in [0.29, 0.717) is 21.9 Å². The fourth-order valence-electron chi connectivity index (χ4n) is 4.58. The van der Waals surface area contributed by atoms with Gasteiger partial charge in [-0.3, -0.25) is 4.79 Å². The van der Waals surface area contributed by atoms with E-state index >= 15 is 0 Å². The van der Waals surface area contributed by atoms with Crippen LogP contribution in [0.25, 0.3) is 39.4 Å². The molecule has 41 heavy (non-hydrogen) atoms. The van der Waals surface area contributed by atoms with E-state index in [1.54, 1.807) is 0 Å². The maximum atomic E-state index is 13.4. The van der Waals surface area contributed by atoms with Crippen molar-refractivity contribution in [1.29, 1.82) is 0 Å². The Labute approximate surface area is 241 Å². The van der Waals surface area contributed by atoms with E-state index in [0.717, 1.165) is 45.1 Å². The van der Waals surface area contributed by atoms with Gasteiger partial charge in [0, 0.05) is 22.9 Å². The standard InChI is InChI=1S/C32H29N5O3S/c1-5-39-26-14-11-22(12-15-26)30-33-32-37(35-30)31(38)28(41-32)18-24-19-36(25-9-7-6-8-10-25)34-29(24)23-13-16-27(21(4)17-23)40-20(2)3/h6-20H,5H2,1-4H3/b28-18-. The molecule has 0 saturated heterocycles. The van der Waals surface area contributed by atoms with E-state index in [9.17, 15) is 4.79 Å². The lowest BCUT2D eigenvalue weighted by Gasteiger charge is -2.13. The van der Waals surface area contributed by atoms with Gasteiger partial charge in [0.15, 0.2) is 5.82 Å². The van der Waals surface area contributed by atoms with Crippen LogP contribution < -0.4 is 19.6 Å². The zero-order valence-electron chi connectivity index (χ0n) is 23.2. The molecule has 0 aliphatic heterocycles. The predicted octanol–water partition coefficient (Wildman–Crippen LogP) is 5.71. The molecule has 8 nitrogen and oxygen atoms in total. The number of hydrogen-bond acceptors (Lipinski definition) is 7. The van der Waals surface area contributed by atoms with Crippen molar-refractivity contribution in [2.45, 2.75) is 33.8 Å². The second-order valence-electron chi connectivity index (χ2n) is 9.86. The van der Waals surface area contributed by atoms with E-state index in [4.69, 9.17) is 14.6 Å². The molecular weight excluding hydrogens is 534 g/mol. The largest absolute Gasteiger partial charge is 0.494 e. The molecule has 0 bridgehead atoms. The molecule has 0 N–H and O–H groups in total. The first-order valence-corrected chi connectivity index (χ1v) is 14.3. The summed E-state index contributed by atoms with van der Waals surface area (Å²) in [5.41, 5.74) is 5.06. The lowest BCUT2D eigenvalue weighted by Crippen LogP contribution is -2.23. The number of hydrogen-bond donors (Lipinski definition) is 0. The van der Waals surface area contributed by atoms with E-state index in [1.807, 2.05) is 111 Å². The van der Waals surface area contributed by atoms with Crippen molar-refractivity contribution in [3.63, 3.8) is 0 Å². The van der Waals surface area contributed by atoms with Crippen LogP contribution in [0.4, 0.5) is 0 Å². The van der Waals surface area contributed by atoms with Crippen LogP contribution in [0.5, 0.6) is 11.5 Å². The maximum Gasteiger partial charge on any atom is 0.291 e. The fraction of sp³-hybridized carbons (Fsp3) is 0.188. The van der Waals surface area contributed by atoms with Crippen LogP contribution in [0.1, 0.15) is 31.9 Å². The van der Waals surface area contributed by atoms with E-state index < -0.39 is 0 Å². The Kier molecular flexibility index (Phi) is 7.11. The van der Waals surface area contributed by atoms with Gasteiger partial charge in [0.25, 0.3) is 5.56 Å². The minimum Gasteiger partial charge on any atom is -0.494 e. The number of para-hydroxylation sites is 1. The summed E-state index contributed by atoms with van der Waals surface area (Å²) in [6.07, 6.45) is 3.90. The lowest BCUT2D eigenvalue weighted by molar-refractivity contribution is 0.241. The summed E-state index contributed by atoms with van der Waals surface area (Å²) < 4.78 is 15.2. The Hall–Kier alpha value is -4.76. The molecule has 0 aliphatic carbocycles. The first-order valence-electron chi connectivity index (χ1n) is 13.5. The Morgan fingerprint density at radius 2 is 1.73 bits per heavy atom. The topological polar surface area (TPSA) is 83.5 Å². The van der Waals surface area contributed by atoms with Crippen molar-refractivity contribution >= 4 is 22.4 Å². The number of fused-ring (bicyclic) bond motifs is 1. The fourth-order valence-corrected chi connectivity index (χ4v) is 5.48. The van der Waals surface area contributed by atoms with Gasteiger partial charge in [0.1, 0.15) is 17.2 Å². The normalized spacial score (nSPS) is 12.0. The molecule has 0 fully saturated rings. The van der Waals surface area contributed by atoms with Crippen LogP contribution in [0.15, 0.2) is 83.8 Å². The van der Waals surface area contributed by atoms with Crippen molar-refractivity contribution in [2.24, 2.45) is 0 Å². The Morgan fingerprint density at radius 1 is 0.976 bits per heavy atom. The molecule has 0 unspecified atom stereocenters. The number of ether oxygens (including phenoxy) is 2. The highest BCUT2D eigenvalue weighted by molar-refractivity contribution is 7.15. The lowest BCUT2D eigenvalue weighted by atomic mass is 10.0. The highest BCUT2D eigenvalue weighted by atomic mass is 32.1. The molecule has 0 aliphatic rings. The summed E-state index contributed by atoms with van der Waals surface area (Å²) in [6, 6.07) is 23.5. The highest BCUT2D eigenvalue weighted by Crippen LogP contribution is 2.29. The van der Waals surface area contributed by atoms with Gasteiger partial charge in [-0.2, -0.15) is 14.6 Å². The zero-order valence-corrected chi connectivity index (χ0v) is 24.1. The van der Waals surface area contributed by atoms with Gasteiger partial charge in [0.2, 0.25) is 4.96 Å². The minimum absolute atomic E-state index is 0.0810. The summed E-state index contributed by atoms with van der Waals surface area (Å²) in [5, 5.41) is 9.43. The average Bonchev–Trinajstić information content (AvgIpc) is 3.66. The number of rotatable bonds is 8. The maximum absolute atomic E-state index is 13.4. The summed E-state index contributed by atoms with van der Waals surface area (Å²) in [7, 11) is 0. The molecule has 0 amide bonds. The number of aromatic nitrogens is 5. The number of benzene rings is 3. The molecule has 0 spiro atoms. The van der Waals surface area contributed by atoms with Crippen molar-refractivity contribution in [3.8, 4) is 39.8 Å². The summed E-state index contributed by atoms with van der Waals surface area (Å²) in [6.45, 7) is 8.58. The molecule has 3 aromatic carbocycles. The van der Waals surface area contributed by atoms with Gasteiger partial charge < -0.3 is 9.47 Å². The smallest absolute Gasteiger partial charge is 0.291 e. The van der Waals surface area contributed by atoms with Gasteiger partial charge >= 0.3 is 0 Å². The predicted molar refractivity (Wildman–Crippen MR) is 162 cm³/mol. The number of thiazole rings is 1. The third kappa shape index (κ3) is 5.36. The molecule has 0 saturated carbocycles. The SMILES string of the molecule is CCOc1ccc(-c2nc3s/c(=C\c4cn(-c5ccccc5)nc4-c4ccc(OC(C)C)c(C)c4)c(=O)n3n2)cc1. The van der Waals surface area contributed by atoms with Crippen LogP contribution in [0.3, 0.4) is 0 Å². The Balaban J connectivity index is 1.42. The first kappa shape index (κ1) is 26.5. The highest BCUT2D eigenvalue weighted by Gasteiger charge is 2.16. The molecular formula is C32H29N5O3S. The second-order valence-corrected chi connectivity index (χ2v) is 10.9. The summed E-state index contributed by atoms with van der Waals surface area (Å²) >= 11 is 1.31. The van der Waals surface area contributed by atoms with Gasteiger partial charge in [-0.05, 0) is 93.9 Å². The molecule has 0 atom stereocenters. The van der Waals surface area contributed by atoms with Crippen molar-refractivity contribution in [1.82, 2.24) is 24.4 Å². The monoisotopic (exact) mass is 563 g/mol. The van der Waals surface area contributed by atoms with Gasteiger partial charge in [-0.15, -0.1) is 5.10 Å². The second kappa shape index (κ2) is 11.0. The van der Waals surface area contributed by atoms with Crippen LogP contribution in [-0.4, -0.2) is 37.1 Å². The van der Waals surface area contributed by atoms with Crippen LogP contribution >= 0.6 is 11.3 Å². The number of aryl methyl sites for hydroxylation is 1. The molecule has 3 heterocycles. The molecule has 9 heteroatoms. The van der Waals surface area contributed by atoms with Crippen LogP contribution in [-0.2, 0) is 0 Å². The molecule has 6 rings (SSSR count). The summed E-state index contributed by atoms with van der Waals surface area (Å²) in [4.78, 5) is 18.6. The summed E-state index contributed by atoms with van der Waals surface area (Å²) in [5.74, 6) is 2.12. The minimum atomic E-state index is -0.218. The van der Waals surface area contributed by atoms with Gasteiger partial charge in [-0.1, -0.05) is 29.5 Å². The zero-order chi connectivity index (χ0) is 28.5. The third-order valence-electron chi connectivity index (χ3n) is 6.47. The van der Waals surface area contributed by atoms with Crippen LogP contribution in [0, 0.1) is 6.92 Å². The quantitative estimate of drug-likeness (QED) is 0.236. The third-order valence-corrected chi connectivity index (χ3v) is 7.43. The van der Waals surface area contributed by atoms with Crippen molar-refractivity contribution in [3.05, 3.63) is 105 Å². The number of nitrogens with zero attached hydrogens (tertiary/aromatic N) is 5. The molecule has 206 valence electrons.